The molecular formula is C48H40F3N5O3S. The van der Waals surface area contributed by atoms with E-state index in [-0.39, 0.29) is 5.56 Å². The summed E-state index contributed by atoms with van der Waals surface area (Å²) in [6.45, 7) is 0. The summed E-state index contributed by atoms with van der Waals surface area (Å²) in [5.41, 5.74) is 3.99. The van der Waals surface area contributed by atoms with Crippen LogP contribution in [0.3, 0.4) is 0 Å². The van der Waals surface area contributed by atoms with Crippen molar-refractivity contribution in [3.63, 3.8) is 0 Å². The van der Waals surface area contributed by atoms with Gasteiger partial charge in [0, 0.05) is 67.3 Å². The Hall–Kier alpha value is -6.79. The van der Waals surface area contributed by atoms with Gasteiger partial charge in [-0.15, -0.1) is 0 Å². The fourth-order valence-electron chi connectivity index (χ4n) is 7.35. The Kier molecular flexibility index (Phi) is 11.2. The van der Waals surface area contributed by atoms with Gasteiger partial charge in [-0.1, -0.05) is 103 Å². The maximum Gasteiger partial charge on any atom is 0.534 e. The van der Waals surface area contributed by atoms with E-state index in [1.807, 2.05) is 47.8 Å². The van der Waals surface area contributed by atoms with Gasteiger partial charge >= 0.3 is 15.6 Å². The average molecular weight is 824 g/mol. The van der Waals surface area contributed by atoms with Gasteiger partial charge in [-0.3, -0.25) is 4.98 Å². The van der Waals surface area contributed by atoms with Crippen LogP contribution in [0.15, 0.2) is 158 Å². The van der Waals surface area contributed by atoms with Crippen molar-refractivity contribution in [2.75, 3.05) is 0 Å². The molecule has 0 unspecified atom stereocenters. The highest BCUT2D eigenvalue weighted by Gasteiger charge is 2.49. The molecule has 0 saturated carbocycles. The lowest BCUT2D eigenvalue weighted by Crippen LogP contribution is -2.28. The van der Waals surface area contributed by atoms with E-state index in [1.165, 1.54) is 6.07 Å². The van der Waals surface area contributed by atoms with Gasteiger partial charge in [-0.2, -0.15) is 21.6 Å². The Morgan fingerprint density at radius 1 is 0.517 bits per heavy atom. The largest absolute Gasteiger partial charge is 0.534 e. The summed E-state index contributed by atoms with van der Waals surface area (Å²) in [4.78, 5) is 13.2. The number of aryl methyl sites for hydroxylation is 6. The molecule has 302 valence electrons. The molecule has 0 saturated heterocycles. The standard InChI is InChI=1S/C48H40F3N5O3S/c1-55-27-25-53-46(55)37-18-14-33(15-19-37)10-12-35-29-36(13-11-34-16-20-38(21-17-34)47-54-26-28-56(47)2)31-40(30-35)41-7-3-4-8-42(41)43-23-22-39(44-9-5-6-24-52-44)32-45(43)59-60(57,58)48(49,50)51/h3-9,14-32H,10-13H2,1-2H3. The Morgan fingerprint density at radius 2 is 1.03 bits per heavy atom. The fraction of sp³-hybridized carbons (Fsp3) is 0.146. The van der Waals surface area contributed by atoms with E-state index in [0.29, 0.717) is 22.4 Å². The minimum Gasteiger partial charge on any atom is -0.375 e. The van der Waals surface area contributed by atoms with Crippen molar-refractivity contribution >= 4 is 10.1 Å². The molecule has 5 aromatic carbocycles. The summed E-state index contributed by atoms with van der Waals surface area (Å²) in [6.07, 6.45) is 11.9. The van der Waals surface area contributed by atoms with Crippen LogP contribution in [-0.2, 0) is 49.9 Å². The van der Waals surface area contributed by atoms with Gasteiger partial charge in [-0.05, 0) is 88.9 Å². The highest BCUT2D eigenvalue weighted by Crippen LogP contribution is 2.42. The Bertz CT molecular complexity index is 2770. The number of rotatable bonds is 13. The highest BCUT2D eigenvalue weighted by atomic mass is 32.2. The molecule has 0 fully saturated rings. The molecule has 3 heterocycles. The first-order chi connectivity index (χ1) is 28.9. The van der Waals surface area contributed by atoms with E-state index in [9.17, 15) is 21.6 Å². The molecule has 0 amide bonds. The van der Waals surface area contributed by atoms with Gasteiger partial charge in [0.05, 0.1) is 5.69 Å². The van der Waals surface area contributed by atoms with Gasteiger partial charge in [0.25, 0.3) is 0 Å². The minimum atomic E-state index is -6.00. The van der Waals surface area contributed by atoms with Crippen LogP contribution in [0.2, 0.25) is 0 Å². The van der Waals surface area contributed by atoms with Gasteiger partial charge < -0.3 is 13.3 Å². The molecule has 3 aromatic heterocycles. The van der Waals surface area contributed by atoms with Crippen LogP contribution in [0.4, 0.5) is 13.2 Å². The van der Waals surface area contributed by atoms with Crippen molar-refractivity contribution in [2.45, 2.75) is 31.2 Å². The van der Waals surface area contributed by atoms with Crippen molar-refractivity contribution in [1.82, 2.24) is 24.1 Å². The van der Waals surface area contributed by atoms with Crippen LogP contribution >= 0.6 is 0 Å². The summed E-state index contributed by atoms with van der Waals surface area (Å²) in [6, 6.07) is 40.1. The first kappa shape index (κ1) is 40.0. The number of pyridine rings is 1. The predicted molar refractivity (Wildman–Crippen MR) is 228 cm³/mol. The molecule has 0 aliphatic heterocycles. The molecule has 0 atom stereocenters. The van der Waals surface area contributed by atoms with Crippen LogP contribution in [0.25, 0.3) is 56.3 Å². The Labute approximate surface area is 346 Å². The van der Waals surface area contributed by atoms with Crippen molar-refractivity contribution < 1.29 is 25.8 Å². The number of nitrogens with zero attached hydrogens (tertiary/aromatic N) is 5. The maximum absolute atomic E-state index is 13.8. The van der Waals surface area contributed by atoms with Crippen LogP contribution < -0.4 is 4.18 Å². The molecule has 0 bridgehead atoms. The van der Waals surface area contributed by atoms with Crippen LogP contribution in [0, 0.1) is 0 Å². The van der Waals surface area contributed by atoms with Crippen molar-refractivity contribution in [3.05, 3.63) is 181 Å². The molecule has 0 spiro atoms. The lowest BCUT2D eigenvalue weighted by Gasteiger charge is -2.18. The van der Waals surface area contributed by atoms with Gasteiger partial charge in [0.15, 0.2) is 5.75 Å². The molecule has 12 heteroatoms. The number of alkyl halides is 3. The number of halogens is 3. The lowest BCUT2D eigenvalue weighted by atomic mass is 9.89. The van der Waals surface area contributed by atoms with Crippen LogP contribution in [-0.4, -0.2) is 38.0 Å². The van der Waals surface area contributed by atoms with E-state index >= 15 is 0 Å². The molecule has 60 heavy (non-hydrogen) atoms. The molecule has 8 nitrogen and oxygen atoms in total. The summed E-state index contributed by atoms with van der Waals surface area (Å²) >= 11 is 0. The summed E-state index contributed by atoms with van der Waals surface area (Å²) < 4.78 is 75.2. The van der Waals surface area contributed by atoms with Crippen molar-refractivity contribution in [1.29, 1.82) is 0 Å². The predicted octanol–water partition coefficient (Wildman–Crippen LogP) is 10.7. The molecule has 0 radical (unpaired) electrons. The molecule has 8 aromatic rings. The number of hydrogen-bond donors (Lipinski definition) is 0. The third-order valence-electron chi connectivity index (χ3n) is 10.5. The monoisotopic (exact) mass is 823 g/mol. The van der Waals surface area contributed by atoms with E-state index in [4.69, 9.17) is 4.18 Å². The fourth-order valence-corrected chi connectivity index (χ4v) is 7.82. The third kappa shape index (κ3) is 8.79. The Balaban J connectivity index is 1.15. The first-order valence-corrected chi connectivity index (χ1v) is 20.7. The van der Waals surface area contributed by atoms with Crippen LogP contribution in [0.5, 0.6) is 5.75 Å². The van der Waals surface area contributed by atoms with Gasteiger partial charge in [0.2, 0.25) is 0 Å². The third-order valence-corrected chi connectivity index (χ3v) is 11.4. The van der Waals surface area contributed by atoms with Gasteiger partial charge in [0.1, 0.15) is 11.6 Å². The smallest absolute Gasteiger partial charge is 0.375 e. The number of benzene rings is 5. The summed E-state index contributed by atoms with van der Waals surface area (Å²) in [5.74, 6) is 1.32. The molecule has 0 aliphatic carbocycles. The van der Waals surface area contributed by atoms with Crippen molar-refractivity contribution in [3.8, 4) is 62.0 Å². The number of aromatic nitrogens is 5. The number of hydrogen-bond acceptors (Lipinski definition) is 6. The second-order valence-electron chi connectivity index (χ2n) is 14.6. The zero-order valence-electron chi connectivity index (χ0n) is 32.8. The van der Waals surface area contributed by atoms with E-state index in [2.05, 4.69) is 81.7 Å². The first-order valence-electron chi connectivity index (χ1n) is 19.3. The SMILES string of the molecule is Cn1ccnc1-c1ccc(CCc2cc(CCc3ccc(-c4nccn4C)cc3)cc(-c3ccccc3-c3ccc(-c4ccccn4)cc3OS(=O)(=O)C(F)(F)F)c2)cc1. The normalized spacial score (nSPS) is 11.8. The topological polar surface area (TPSA) is 91.9 Å². The quantitative estimate of drug-likeness (QED) is 0.0849. The second kappa shape index (κ2) is 16.8. The molecule has 0 N–H and O–H groups in total. The van der Waals surface area contributed by atoms with Gasteiger partial charge in [-0.25, -0.2) is 9.97 Å². The Morgan fingerprint density at radius 3 is 1.53 bits per heavy atom. The molecule has 0 aliphatic rings. The summed E-state index contributed by atoms with van der Waals surface area (Å²) in [7, 11) is -2.08. The van der Waals surface area contributed by atoms with Crippen molar-refractivity contribution in [2.24, 2.45) is 14.1 Å². The van der Waals surface area contributed by atoms with E-state index in [0.717, 1.165) is 76.3 Å². The highest BCUT2D eigenvalue weighted by molar-refractivity contribution is 7.88. The summed E-state index contributed by atoms with van der Waals surface area (Å²) in [5, 5.41) is 0. The maximum atomic E-state index is 13.8. The lowest BCUT2D eigenvalue weighted by molar-refractivity contribution is -0.0499. The second-order valence-corrected chi connectivity index (χ2v) is 16.1. The molecule has 8 rings (SSSR count). The zero-order valence-corrected chi connectivity index (χ0v) is 33.7. The van der Waals surface area contributed by atoms with E-state index in [1.54, 1.807) is 61.1 Å². The zero-order chi connectivity index (χ0) is 41.9. The molecular weight excluding hydrogens is 784 g/mol. The van der Waals surface area contributed by atoms with Crippen LogP contribution in [0.1, 0.15) is 22.3 Å². The average Bonchev–Trinajstić information content (AvgIpc) is 3.89. The number of imidazole rings is 2. The minimum absolute atomic E-state index is 0.186. The van der Waals surface area contributed by atoms with E-state index < -0.39 is 21.4 Å².